The van der Waals surface area contributed by atoms with E-state index in [4.69, 9.17) is 0 Å². The quantitative estimate of drug-likeness (QED) is 0.698. The van der Waals surface area contributed by atoms with Gasteiger partial charge in [0.25, 0.3) is 0 Å². The molecular formula is C12H25NO2S. The van der Waals surface area contributed by atoms with Crippen LogP contribution in [-0.2, 0) is 10.8 Å². The lowest BCUT2D eigenvalue weighted by Gasteiger charge is -2.32. The second-order valence-corrected chi connectivity index (χ2v) is 6.86. The fraction of sp³-hybridized carbons (Fsp3) is 1.00. The molecule has 2 N–H and O–H groups in total. The molecule has 0 spiro atoms. The molecular weight excluding hydrogens is 222 g/mol. The van der Waals surface area contributed by atoms with Crippen molar-refractivity contribution in [2.24, 2.45) is 0 Å². The molecule has 2 atom stereocenters. The summed E-state index contributed by atoms with van der Waals surface area (Å²) in [4.78, 5) is 0. The molecule has 1 aliphatic rings. The van der Waals surface area contributed by atoms with Gasteiger partial charge in [-0.3, -0.25) is 4.21 Å². The third-order valence-corrected chi connectivity index (χ3v) is 4.90. The summed E-state index contributed by atoms with van der Waals surface area (Å²) in [5.74, 6) is 0. The predicted octanol–water partition coefficient (Wildman–Crippen LogP) is 1.43. The molecule has 0 aromatic heterocycles. The molecule has 96 valence electrons. The number of aliphatic hydroxyl groups is 1. The van der Waals surface area contributed by atoms with Gasteiger partial charge in [-0.05, 0) is 25.8 Å². The second kappa shape index (κ2) is 6.72. The lowest BCUT2D eigenvalue weighted by Crippen LogP contribution is -2.42. The van der Waals surface area contributed by atoms with Gasteiger partial charge in [-0.15, -0.1) is 0 Å². The highest BCUT2D eigenvalue weighted by Crippen LogP contribution is 2.27. The van der Waals surface area contributed by atoms with Crippen LogP contribution in [0.1, 0.15) is 45.4 Å². The summed E-state index contributed by atoms with van der Waals surface area (Å²) < 4.78 is 11.1. The van der Waals surface area contributed by atoms with Gasteiger partial charge in [-0.1, -0.05) is 26.2 Å². The summed E-state index contributed by atoms with van der Waals surface area (Å²) >= 11 is 0. The maximum atomic E-state index is 11.1. The van der Waals surface area contributed by atoms with Crippen molar-refractivity contribution >= 4 is 10.8 Å². The van der Waals surface area contributed by atoms with Gasteiger partial charge in [0.2, 0.25) is 0 Å². The van der Waals surface area contributed by atoms with E-state index in [9.17, 15) is 9.32 Å². The van der Waals surface area contributed by atoms with Crippen LogP contribution in [0.3, 0.4) is 0 Å². The van der Waals surface area contributed by atoms with E-state index in [-0.39, 0.29) is 5.25 Å². The van der Waals surface area contributed by atoms with Crippen molar-refractivity contribution in [2.45, 2.75) is 56.3 Å². The van der Waals surface area contributed by atoms with Gasteiger partial charge in [0, 0.05) is 28.9 Å². The molecule has 16 heavy (non-hydrogen) atoms. The maximum Gasteiger partial charge on any atom is 0.0771 e. The molecule has 0 aliphatic heterocycles. The third kappa shape index (κ3) is 4.93. The van der Waals surface area contributed by atoms with Crippen LogP contribution in [0.5, 0.6) is 0 Å². The molecule has 3 nitrogen and oxygen atoms in total. The normalized spacial score (nSPS) is 23.9. The summed E-state index contributed by atoms with van der Waals surface area (Å²) in [6, 6.07) is 0. The van der Waals surface area contributed by atoms with Crippen LogP contribution in [-0.4, -0.2) is 39.5 Å². The van der Waals surface area contributed by atoms with Crippen molar-refractivity contribution in [2.75, 3.05) is 19.3 Å². The number of hydrogen-bond acceptors (Lipinski definition) is 3. The minimum Gasteiger partial charge on any atom is -0.389 e. The van der Waals surface area contributed by atoms with Gasteiger partial charge in [0.05, 0.1) is 5.60 Å². The molecule has 0 aromatic rings. The Morgan fingerprint density at radius 3 is 2.56 bits per heavy atom. The van der Waals surface area contributed by atoms with E-state index < -0.39 is 16.4 Å². The minimum absolute atomic E-state index is 0.244. The molecule has 0 saturated heterocycles. The summed E-state index contributed by atoms with van der Waals surface area (Å²) in [7, 11) is -0.731. The Balaban J connectivity index is 2.12. The average Bonchev–Trinajstić information content (AvgIpc) is 2.25. The smallest absolute Gasteiger partial charge is 0.0771 e. The van der Waals surface area contributed by atoms with Crippen LogP contribution in [0.4, 0.5) is 0 Å². The van der Waals surface area contributed by atoms with E-state index >= 15 is 0 Å². The van der Waals surface area contributed by atoms with Crippen molar-refractivity contribution in [1.82, 2.24) is 5.32 Å². The Bertz CT molecular complexity index is 227. The zero-order valence-electron chi connectivity index (χ0n) is 10.5. The van der Waals surface area contributed by atoms with Crippen molar-refractivity contribution in [3.8, 4) is 0 Å². The van der Waals surface area contributed by atoms with E-state index in [1.807, 2.05) is 6.92 Å². The van der Waals surface area contributed by atoms with Crippen molar-refractivity contribution in [1.29, 1.82) is 0 Å². The standard InChI is InChI=1S/C12H25NO2S/c1-11(16(2)15)6-9-13-10-12(14)7-4-3-5-8-12/h11,13-14H,3-10H2,1-2H3. The summed E-state index contributed by atoms with van der Waals surface area (Å²) in [6.45, 7) is 3.55. The molecule has 0 bridgehead atoms. The molecule has 1 aliphatic carbocycles. The molecule has 0 radical (unpaired) electrons. The van der Waals surface area contributed by atoms with Gasteiger partial charge in [-0.25, -0.2) is 0 Å². The fourth-order valence-corrected chi connectivity index (χ4v) is 2.63. The van der Waals surface area contributed by atoms with E-state index in [0.29, 0.717) is 6.54 Å². The molecule has 1 fully saturated rings. The molecule has 4 heteroatoms. The molecule has 0 amide bonds. The molecule has 0 aromatic carbocycles. The molecule has 1 rings (SSSR count). The maximum absolute atomic E-state index is 11.1. The van der Waals surface area contributed by atoms with Crippen LogP contribution in [0.15, 0.2) is 0 Å². The number of nitrogens with one attached hydrogen (secondary N) is 1. The van der Waals surface area contributed by atoms with Gasteiger partial charge in [-0.2, -0.15) is 0 Å². The number of hydrogen-bond donors (Lipinski definition) is 2. The topological polar surface area (TPSA) is 49.3 Å². The summed E-state index contributed by atoms with van der Waals surface area (Å²) in [5.41, 5.74) is -0.479. The summed E-state index contributed by atoms with van der Waals surface area (Å²) in [5, 5.41) is 13.8. The van der Waals surface area contributed by atoms with Crippen molar-refractivity contribution in [3.05, 3.63) is 0 Å². The molecule has 1 saturated carbocycles. The number of rotatable bonds is 6. The Morgan fingerprint density at radius 1 is 1.38 bits per heavy atom. The van der Waals surface area contributed by atoms with E-state index in [1.54, 1.807) is 6.26 Å². The Hall–Kier alpha value is 0.0700. The predicted molar refractivity (Wildman–Crippen MR) is 69.0 cm³/mol. The lowest BCUT2D eigenvalue weighted by atomic mass is 9.85. The van der Waals surface area contributed by atoms with Crippen LogP contribution in [0.25, 0.3) is 0 Å². The van der Waals surface area contributed by atoms with Crippen LogP contribution in [0, 0.1) is 0 Å². The van der Waals surface area contributed by atoms with E-state index in [1.165, 1.54) is 6.42 Å². The van der Waals surface area contributed by atoms with Crippen LogP contribution >= 0.6 is 0 Å². The van der Waals surface area contributed by atoms with Crippen LogP contribution in [0.2, 0.25) is 0 Å². The van der Waals surface area contributed by atoms with Gasteiger partial charge >= 0.3 is 0 Å². The largest absolute Gasteiger partial charge is 0.389 e. The highest BCUT2D eigenvalue weighted by atomic mass is 32.2. The van der Waals surface area contributed by atoms with Gasteiger partial charge in [0.15, 0.2) is 0 Å². The summed E-state index contributed by atoms with van der Waals surface area (Å²) in [6.07, 6.45) is 8.07. The first-order valence-electron chi connectivity index (χ1n) is 6.29. The zero-order valence-corrected chi connectivity index (χ0v) is 11.3. The molecule has 0 heterocycles. The highest BCUT2D eigenvalue weighted by Gasteiger charge is 2.28. The minimum atomic E-state index is -0.731. The Labute approximate surface area is 101 Å². The first kappa shape index (κ1) is 14.1. The van der Waals surface area contributed by atoms with Crippen LogP contribution < -0.4 is 5.32 Å². The fourth-order valence-electron chi connectivity index (χ4n) is 2.18. The average molecular weight is 247 g/mol. The first-order chi connectivity index (χ1) is 7.53. The SMILES string of the molecule is CC(CCNCC1(O)CCCCC1)S(C)=O. The Morgan fingerprint density at radius 2 is 2.00 bits per heavy atom. The van der Waals surface area contributed by atoms with E-state index in [2.05, 4.69) is 5.32 Å². The van der Waals surface area contributed by atoms with Crippen molar-refractivity contribution < 1.29 is 9.32 Å². The zero-order chi connectivity index (χ0) is 12.0. The lowest BCUT2D eigenvalue weighted by molar-refractivity contribution is 0.00507. The first-order valence-corrected chi connectivity index (χ1v) is 7.91. The highest BCUT2D eigenvalue weighted by molar-refractivity contribution is 7.84. The monoisotopic (exact) mass is 247 g/mol. The molecule has 2 unspecified atom stereocenters. The van der Waals surface area contributed by atoms with E-state index in [0.717, 1.165) is 38.6 Å². The third-order valence-electron chi connectivity index (χ3n) is 3.53. The Kier molecular flexibility index (Phi) is 5.94. The second-order valence-electron chi connectivity index (χ2n) is 5.06. The van der Waals surface area contributed by atoms with Gasteiger partial charge < -0.3 is 10.4 Å². The van der Waals surface area contributed by atoms with Gasteiger partial charge in [0.1, 0.15) is 0 Å². The van der Waals surface area contributed by atoms with Crippen molar-refractivity contribution in [3.63, 3.8) is 0 Å².